The van der Waals surface area contributed by atoms with Crippen molar-refractivity contribution >= 4 is 39.8 Å². The topological polar surface area (TPSA) is 75.3 Å². The van der Waals surface area contributed by atoms with Crippen molar-refractivity contribution in [3.05, 3.63) is 66.4 Å². The third-order valence-corrected chi connectivity index (χ3v) is 3.67. The number of anilines is 1. The number of fused-ring (bicyclic) bond motifs is 1. The van der Waals surface area contributed by atoms with Crippen molar-refractivity contribution in [2.75, 3.05) is 12.4 Å². The standard InChI is InChI=1S/C18H16N4O2S/c1-24-14-9-7-13(8-10-14)19-18(25)22-21-17(23)16-11-6-12-4-2-3-5-15(12)20-16/h2-11H,1H3,(H,21,23)(H2,19,22,25). The number of para-hydroxylation sites is 1. The van der Waals surface area contributed by atoms with Gasteiger partial charge in [-0.15, -0.1) is 0 Å². The number of rotatable bonds is 3. The maximum atomic E-state index is 12.2. The van der Waals surface area contributed by atoms with E-state index in [2.05, 4.69) is 21.2 Å². The van der Waals surface area contributed by atoms with E-state index in [1.54, 1.807) is 13.2 Å². The molecule has 3 N–H and O–H groups in total. The third-order valence-electron chi connectivity index (χ3n) is 3.47. The van der Waals surface area contributed by atoms with Crippen molar-refractivity contribution in [2.24, 2.45) is 0 Å². The summed E-state index contributed by atoms with van der Waals surface area (Å²) >= 11 is 5.15. The van der Waals surface area contributed by atoms with E-state index in [1.807, 2.05) is 54.6 Å². The zero-order valence-corrected chi connectivity index (χ0v) is 14.3. The Morgan fingerprint density at radius 3 is 2.52 bits per heavy atom. The van der Waals surface area contributed by atoms with Gasteiger partial charge in [0.2, 0.25) is 0 Å². The fourth-order valence-electron chi connectivity index (χ4n) is 2.21. The molecule has 0 saturated heterocycles. The molecule has 1 aromatic heterocycles. The summed E-state index contributed by atoms with van der Waals surface area (Å²) in [5, 5.41) is 4.20. The number of benzene rings is 2. The van der Waals surface area contributed by atoms with Crippen molar-refractivity contribution in [3.8, 4) is 5.75 Å². The Bertz CT molecular complexity index is 912. The maximum Gasteiger partial charge on any atom is 0.288 e. The molecule has 1 heterocycles. The van der Waals surface area contributed by atoms with Crippen molar-refractivity contribution < 1.29 is 9.53 Å². The van der Waals surface area contributed by atoms with Gasteiger partial charge >= 0.3 is 0 Å². The summed E-state index contributed by atoms with van der Waals surface area (Å²) in [6, 6.07) is 18.4. The van der Waals surface area contributed by atoms with E-state index in [4.69, 9.17) is 17.0 Å². The fraction of sp³-hybridized carbons (Fsp3) is 0.0556. The molecule has 0 aliphatic carbocycles. The lowest BCUT2D eigenvalue weighted by atomic mass is 10.2. The second-order valence-corrected chi connectivity index (χ2v) is 5.56. The Balaban J connectivity index is 1.57. The van der Waals surface area contributed by atoms with Crippen LogP contribution < -0.4 is 20.9 Å². The first-order valence-electron chi connectivity index (χ1n) is 7.53. The summed E-state index contributed by atoms with van der Waals surface area (Å²) < 4.78 is 5.09. The first kappa shape index (κ1) is 16.7. The number of amides is 1. The molecule has 0 atom stereocenters. The lowest BCUT2D eigenvalue weighted by molar-refractivity contribution is 0.0939. The summed E-state index contributed by atoms with van der Waals surface area (Å²) in [5.74, 6) is 0.379. The summed E-state index contributed by atoms with van der Waals surface area (Å²) in [5.41, 5.74) is 7.02. The van der Waals surface area contributed by atoms with Gasteiger partial charge in [-0.25, -0.2) is 4.98 Å². The van der Waals surface area contributed by atoms with Crippen LogP contribution in [0.25, 0.3) is 10.9 Å². The maximum absolute atomic E-state index is 12.2. The Labute approximate surface area is 150 Å². The van der Waals surface area contributed by atoms with Crippen LogP contribution in [0.15, 0.2) is 60.7 Å². The predicted octanol–water partition coefficient (Wildman–Crippen LogP) is 2.87. The number of methoxy groups -OCH3 is 1. The predicted molar refractivity (Wildman–Crippen MR) is 102 cm³/mol. The lowest BCUT2D eigenvalue weighted by Crippen LogP contribution is -2.44. The molecular weight excluding hydrogens is 336 g/mol. The molecular formula is C18H16N4O2S. The quantitative estimate of drug-likeness (QED) is 0.497. The molecule has 3 aromatic rings. The van der Waals surface area contributed by atoms with Gasteiger partial charge in [-0.05, 0) is 48.6 Å². The highest BCUT2D eigenvalue weighted by atomic mass is 32.1. The average Bonchev–Trinajstić information content (AvgIpc) is 2.66. The summed E-state index contributed by atoms with van der Waals surface area (Å²) in [6.07, 6.45) is 0. The molecule has 0 aliphatic heterocycles. The highest BCUT2D eigenvalue weighted by Crippen LogP contribution is 2.14. The molecule has 0 fully saturated rings. The fourth-order valence-corrected chi connectivity index (χ4v) is 2.38. The highest BCUT2D eigenvalue weighted by Gasteiger charge is 2.08. The van der Waals surface area contributed by atoms with Crippen LogP contribution >= 0.6 is 12.2 Å². The largest absolute Gasteiger partial charge is 0.497 e. The Morgan fingerprint density at radius 2 is 1.76 bits per heavy atom. The van der Waals surface area contributed by atoms with Gasteiger partial charge in [0.25, 0.3) is 5.91 Å². The lowest BCUT2D eigenvalue weighted by Gasteiger charge is -2.12. The van der Waals surface area contributed by atoms with Crippen molar-refractivity contribution in [1.82, 2.24) is 15.8 Å². The van der Waals surface area contributed by atoms with Crippen LogP contribution in [0.2, 0.25) is 0 Å². The minimum absolute atomic E-state index is 0.263. The second-order valence-electron chi connectivity index (χ2n) is 5.15. The monoisotopic (exact) mass is 352 g/mol. The highest BCUT2D eigenvalue weighted by molar-refractivity contribution is 7.80. The molecule has 0 radical (unpaired) electrons. The Kier molecular flexibility index (Phi) is 5.06. The van der Waals surface area contributed by atoms with Crippen LogP contribution in [0.3, 0.4) is 0 Å². The molecule has 25 heavy (non-hydrogen) atoms. The Hall–Kier alpha value is -3.19. The van der Waals surface area contributed by atoms with Crippen LogP contribution in [0.5, 0.6) is 5.75 Å². The van der Waals surface area contributed by atoms with Crippen LogP contribution in [-0.4, -0.2) is 23.1 Å². The third kappa shape index (κ3) is 4.21. The minimum atomic E-state index is -0.371. The van der Waals surface area contributed by atoms with E-state index in [9.17, 15) is 4.79 Å². The van der Waals surface area contributed by atoms with Crippen molar-refractivity contribution in [1.29, 1.82) is 0 Å². The second kappa shape index (κ2) is 7.59. The first-order chi connectivity index (χ1) is 12.2. The van der Waals surface area contributed by atoms with Gasteiger partial charge in [0.1, 0.15) is 11.4 Å². The van der Waals surface area contributed by atoms with Gasteiger partial charge in [-0.1, -0.05) is 24.3 Å². The van der Waals surface area contributed by atoms with E-state index in [0.29, 0.717) is 5.69 Å². The molecule has 7 heteroatoms. The molecule has 126 valence electrons. The summed E-state index contributed by atoms with van der Waals surface area (Å²) in [4.78, 5) is 16.5. The number of nitrogens with zero attached hydrogens (tertiary/aromatic N) is 1. The normalized spacial score (nSPS) is 10.1. The van der Waals surface area contributed by atoms with Crippen LogP contribution in [-0.2, 0) is 0 Å². The van der Waals surface area contributed by atoms with Gasteiger partial charge in [0, 0.05) is 11.1 Å². The van der Waals surface area contributed by atoms with Gasteiger partial charge < -0.3 is 10.1 Å². The summed E-state index contributed by atoms with van der Waals surface area (Å²) in [6.45, 7) is 0. The number of thiocarbonyl (C=S) groups is 1. The van der Waals surface area contributed by atoms with Crippen LogP contribution in [0.1, 0.15) is 10.5 Å². The smallest absolute Gasteiger partial charge is 0.288 e. The van der Waals surface area contributed by atoms with Gasteiger partial charge in [-0.3, -0.25) is 15.6 Å². The van der Waals surface area contributed by atoms with E-state index in [1.165, 1.54) is 0 Å². The molecule has 0 spiro atoms. The molecule has 0 bridgehead atoms. The van der Waals surface area contributed by atoms with E-state index >= 15 is 0 Å². The number of carbonyl (C=O) groups is 1. The molecule has 1 amide bonds. The zero-order valence-electron chi connectivity index (χ0n) is 13.4. The zero-order chi connectivity index (χ0) is 17.6. The number of hydrogen-bond donors (Lipinski definition) is 3. The number of aromatic nitrogens is 1. The van der Waals surface area contributed by atoms with E-state index < -0.39 is 0 Å². The van der Waals surface area contributed by atoms with Gasteiger partial charge in [0.15, 0.2) is 5.11 Å². The minimum Gasteiger partial charge on any atom is -0.497 e. The number of hydrazine groups is 1. The van der Waals surface area contributed by atoms with Gasteiger partial charge in [-0.2, -0.15) is 0 Å². The molecule has 3 rings (SSSR count). The van der Waals surface area contributed by atoms with Crippen molar-refractivity contribution in [2.45, 2.75) is 0 Å². The number of pyridine rings is 1. The average molecular weight is 352 g/mol. The van der Waals surface area contributed by atoms with Gasteiger partial charge in [0.05, 0.1) is 12.6 Å². The molecule has 0 unspecified atom stereocenters. The molecule has 2 aromatic carbocycles. The molecule has 0 saturated carbocycles. The SMILES string of the molecule is COc1ccc(NC(=S)NNC(=O)c2ccc3ccccc3n2)cc1. The molecule has 6 nitrogen and oxygen atoms in total. The summed E-state index contributed by atoms with van der Waals surface area (Å²) in [7, 11) is 1.60. The number of carbonyl (C=O) groups excluding carboxylic acids is 1. The van der Waals surface area contributed by atoms with Crippen LogP contribution in [0.4, 0.5) is 5.69 Å². The Morgan fingerprint density at radius 1 is 1.00 bits per heavy atom. The number of nitrogens with one attached hydrogen (secondary N) is 3. The number of hydrogen-bond acceptors (Lipinski definition) is 4. The first-order valence-corrected chi connectivity index (χ1v) is 7.94. The van der Waals surface area contributed by atoms with E-state index in [-0.39, 0.29) is 11.0 Å². The van der Waals surface area contributed by atoms with Crippen molar-refractivity contribution in [3.63, 3.8) is 0 Å². The number of ether oxygens (including phenoxy) is 1. The molecule has 0 aliphatic rings. The van der Waals surface area contributed by atoms with E-state index in [0.717, 1.165) is 22.3 Å². The van der Waals surface area contributed by atoms with Crippen LogP contribution in [0, 0.1) is 0 Å².